The zero-order valence-electron chi connectivity index (χ0n) is 22.2. The molecule has 0 saturated carbocycles. The predicted octanol–water partition coefficient (Wildman–Crippen LogP) is 5.50. The lowest BCUT2D eigenvalue weighted by Crippen LogP contribution is -2.32. The molecule has 1 N–H and O–H groups in total. The van der Waals surface area contributed by atoms with Crippen LogP contribution in [0.4, 0.5) is 10.5 Å². The Labute approximate surface area is 246 Å². The second-order valence-corrected chi connectivity index (χ2v) is 11.7. The van der Waals surface area contributed by atoms with Crippen LogP contribution in [0.25, 0.3) is 6.08 Å². The molecule has 214 valence electrons. The summed E-state index contributed by atoms with van der Waals surface area (Å²) in [5, 5.41) is 2.01. The Balaban J connectivity index is 1.48. The van der Waals surface area contributed by atoms with E-state index in [1.165, 1.54) is 56.5 Å². The van der Waals surface area contributed by atoms with Gasteiger partial charge in [0.05, 0.1) is 23.6 Å². The molecule has 1 aliphatic heterocycles. The standard InChI is InChI=1S/C28H25ClN2O8S2/c1-17-5-4-6-21(13-17)38-12-11-31-27(33)25(40-28(31)34)16-19-14-23(29)26(24(15-19)37-3)39-41(35,36)22-9-7-20(8-10-22)30-18(2)32/h4-10,13-16H,11-12H2,1-3H3,(H,30,32)/b25-16-. The van der Waals surface area contributed by atoms with Crippen molar-refractivity contribution in [3.8, 4) is 17.2 Å². The molecule has 0 atom stereocenters. The summed E-state index contributed by atoms with van der Waals surface area (Å²) in [4.78, 5) is 37.7. The third-order valence-corrected chi connectivity index (χ3v) is 8.08. The van der Waals surface area contributed by atoms with E-state index < -0.39 is 21.3 Å². The monoisotopic (exact) mass is 616 g/mol. The molecular formula is C28H25ClN2O8S2. The third-order valence-electron chi connectivity index (χ3n) is 5.65. The van der Waals surface area contributed by atoms with Crippen LogP contribution in [0.5, 0.6) is 17.2 Å². The van der Waals surface area contributed by atoms with Crippen LogP contribution in [0.1, 0.15) is 18.1 Å². The molecule has 1 saturated heterocycles. The van der Waals surface area contributed by atoms with Gasteiger partial charge in [-0.25, -0.2) is 0 Å². The average Bonchev–Trinajstić information content (AvgIpc) is 3.17. The number of carbonyl (C=O) groups excluding carboxylic acids is 3. The average molecular weight is 617 g/mol. The lowest BCUT2D eigenvalue weighted by molar-refractivity contribution is -0.123. The minimum Gasteiger partial charge on any atom is -0.493 e. The van der Waals surface area contributed by atoms with E-state index in [0.29, 0.717) is 17.0 Å². The van der Waals surface area contributed by atoms with Crippen LogP contribution in [0, 0.1) is 6.92 Å². The highest BCUT2D eigenvalue weighted by molar-refractivity contribution is 8.18. The van der Waals surface area contributed by atoms with Crippen LogP contribution >= 0.6 is 23.4 Å². The summed E-state index contributed by atoms with van der Waals surface area (Å²) in [5.74, 6) is -0.411. The van der Waals surface area contributed by atoms with Crippen LogP contribution in [-0.4, -0.2) is 50.6 Å². The Morgan fingerprint density at radius 3 is 2.49 bits per heavy atom. The fraction of sp³-hybridized carbons (Fsp3) is 0.179. The molecule has 13 heteroatoms. The number of carbonyl (C=O) groups is 3. The molecule has 1 fully saturated rings. The summed E-state index contributed by atoms with van der Waals surface area (Å²) in [6.45, 7) is 3.46. The fourth-order valence-corrected chi connectivity index (χ4v) is 5.90. The Bertz CT molecular complexity index is 1640. The van der Waals surface area contributed by atoms with Crippen LogP contribution in [-0.2, 0) is 19.7 Å². The van der Waals surface area contributed by atoms with Gasteiger partial charge in [-0.15, -0.1) is 0 Å². The minimum atomic E-state index is -4.32. The highest BCUT2D eigenvalue weighted by Gasteiger charge is 2.35. The van der Waals surface area contributed by atoms with Crippen molar-refractivity contribution >= 4 is 62.3 Å². The molecule has 3 amide bonds. The van der Waals surface area contributed by atoms with Crippen LogP contribution in [0.2, 0.25) is 5.02 Å². The van der Waals surface area contributed by atoms with E-state index in [0.717, 1.165) is 22.2 Å². The van der Waals surface area contributed by atoms with Crippen LogP contribution in [0.15, 0.2) is 70.5 Å². The number of rotatable bonds is 10. The number of hydrogen-bond donors (Lipinski definition) is 1. The second-order valence-electron chi connectivity index (χ2n) is 8.78. The van der Waals surface area contributed by atoms with Crippen molar-refractivity contribution in [3.63, 3.8) is 0 Å². The van der Waals surface area contributed by atoms with E-state index in [2.05, 4.69) is 5.32 Å². The predicted molar refractivity (Wildman–Crippen MR) is 156 cm³/mol. The van der Waals surface area contributed by atoms with Gasteiger partial charge >= 0.3 is 10.1 Å². The first-order valence-electron chi connectivity index (χ1n) is 12.1. The van der Waals surface area contributed by atoms with Gasteiger partial charge in [-0.1, -0.05) is 23.7 Å². The normalized spacial score (nSPS) is 14.3. The number of ether oxygens (including phenoxy) is 2. The topological polar surface area (TPSA) is 128 Å². The maximum atomic E-state index is 12.9. The number of hydrogen-bond acceptors (Lipinski definition) is 9. The zero-order chi connectivity index (χ0) is 29.7. The smallest absolute Gasteiger partial charge is 0.339 e. The first-order chi connectivity index (χ1) is 19.5. The molecular weight excluding hydrogens is 592 g/mol. The number of aryl methyl sites for hydroxylation is 1. The SMILES string of the molecule is COc1cc(/C=C2\SC(=O)N(CCOc3cccc(C)c3)C2=O)cc(Cl)c1OS(=O)(=O)c1ccc(NC(C)=O)cc1. The van der Waals surface area contributed by atoms with E-state index in [1.54, 1.807) is 6.07 Å². The quantitative estimate of drug-likeness (QED) is 0.232. The number of nitrogens with one attached hydrogen (secondary N) is 1. The summed E-state index contributed by atoms with van der Waals surface area (Å²) in [7, 11) is -3.01. The number of thioether (sulfide) groups is 1. The van der Waals surface area contributed by atoms with E-state index in [4.69, 9.17) is 25.3 Å². The van der Waals surface area contributed by atoms with Crippen LogP contribution in [0.3, 0.4) is 0 Å². The number of methoxy groups -OCH3 is 1. The second kappa shape index (κ2) is 12.7. The first-order valence-corrected chi connectivity index (χ1v) is 14.7. The van der Waals surface area contributed by atoms with Gasteiger partial charge in [-0.05, 0) is 84.4 Å². The lowest BCUT2D eigenvalue weighted by Gasteiger charge is -2.14. The number of amides is 3. The summed E-state index contributed by atoms with van der Waals surface area (Å²) in [6.07, 6.45) is 1.46. The fourth-order valence-electron chi connectivity index (χ4n) is 3.77. The molecule has 3 aromatic rings. The lowest BCUT2D eigenvalue weighted by atomic mass is 10.2. The largest absolute Gasteiger partial charge is 0.493 e. The highest BCUT2D eigenvalue weighted by atomic mass is 35.5. The van der Waals surface area contributed by atoms with Gasteiger partial charge in [0, 0.05) is 12.6 Å². The summed E-state index contributed by atoms with van der Waals surface area (Å²) in [5.41, 5.74) is 1.83. The van der Waals surface area contributed by atoms with Crippen molar-refractivity contribution in [3.05, 3.63) is 81.7 Å². The molecule has 1 aliphatic rings. The number of anilines is 1. The Kier molecular flexibility index (Phi) is 9.26. The molecule has 0 bridgehead atoms. The van der Waals surface area contributed by atoms with Crippen molar-refractivity contribution in [1.82, 2.24) is 4.90 Å². The van der Waals surface area contributed by atoms with Crippen molar-refractivity contribution in [2.75, 3.05) is 25.6 Å². The number of halogens is 1. The van der Waals surface area contributed by atoms with Gasteiger partial charge < -0.3 is 19.0 Å². The number of benzene rings is 3. The molecule has 4 rings (SSSR count). The molecule has 3 aromatic carbocycles. The Morgan fingerprint density at radius 2 is 1.83 bits per heavy atom. The minimum absolute atomic E-state index is 0.00650. The molecule has 41 heavy (non-hydrogen) atoms. The van der Waals surface area contributed by atoms with E-state index >= 15 is 0 Å². The molecule has 0 unspecified atom stereocenters. The molecule has 10 nitrogen and oxygen atoms in total. The molecule has 0 radical (unpaired) electrons. The van der Waals surface area contributed by atoms with Crippen molar-refractivity contribution in [1.29, 1.82) is 0 Å². The van der Waals surface area contributed by atoms with Crippen molar-refractivity contribution < 1.29 is 36.5 Å². The van der Waals surface area contributed by atoms with Gasteiger partial charge in [0.15, 0.2) is 5.75 Å². The van der Waals surface area contributed by atoms with E-state index in [-0.39, 0.29) is 45.4 Å². The molecule has 1 heterocycles. The number of nitrogens with zero attached hydrogens (tertiary/aromatic N) is 1. The van der Waals surface area contributed by atoms with E-state index in [9.17, 15) is 22.8 Å². The molecule has 0 aliphatic carbocycles. The van der Waals surface area contributed by atoms with Gasteiger partial charge in [0.25, 0.3) is 11.1 Å². The zero-order valence-corrected chi connectivity index (χ0v) is 24.6. The Hall–Kier alpha value is -4.00. The van der Waals surface area contributed by atoms with Gasteiger partial charge in [-0.2, -0.15) is 8.42 Å². The summed E-state index contributed by atoms with van der Waals surface area (Å²) in [6, 6.07) is 15.6. The third kappa shape index (κ3) is 7.40. The molecule has 0 spiro atoms. The van der Waals surface area contributed by atoms with Gasteiger partial charge in [-0.3, -0.25) is 19.3 Å². The van der Waals surface area contributed by atoms with Crippen molar-refractivity contribution in [2.45, 2.75) is 18.7 Å². The first kappa shape index (κ1) is 30.0. The summed E-state index contributed by atoms with van der Waals surface area (Å²) >= 11 is 7.14. The van der Waals surface area contributed by atoms with Crippen molar-refractivity contribution in [2.24, 2.45) is 0 Å². The Morgan fingerprint density at radius 1 is 1.10 bits per heavy atom. The van der Waals surface area contributed by atoms with E-state index in [1.807, 2.05) is 25.1 Å². The highest BCUT2D eigenvalue weighted by Crippen LogP contribution is 2.40. The maximum Gasteiger partial charge on any atom is 0.339 e. The number of imide groups is 1. The molecule has 0 aromatic heterocycles. The summed E-state index contributed by atoms with van der Waals surface area (Å²) < 4.78 is 42.0. The van der Waals surface area contributed by atoms with Gasteiger partial charge in [0.2, 0.25) is 11.7 Å². The maximum absolute atomic E-state index is 12.9. The van der Waals surface area contributed by atoms with Crippen LogP contribution < -0.4 is 19.0 Å². The van der Waals surface area contributed by atoms with Gasteiger partial charge in [0.1, 0.15) is 17.3 Å².